The summed E-state index contributed by atoms with van der Waals surface area (Å²) in [5.41, 5.74) is -0.966. The van der Waals surface area contributed by atoms with Crippen molar-refractivity contribution in [2.75, 3.05) is 6.61 Å². The van der Waals surface area contributed by atoms with Crippen LogP contribution in [0.2, 0.25) is 0 Å². The molecule has 0 saturated heterocycles. The number of aliphatic hydroxyl groups is 2. The summed E-state index contributed by atoms with van der Waals surface area (Å²) >= 11 is 0. The van der Waals surface area contributed by atoms with E-state index in [4.69, 9.17) is 15.3 Å². The van der Waals surface area contributed by atoms with Gasteiger partial charge in [-0.1, -0.05) is 13.8 Å². The average Bonchev–Trinajstić information content (AvgIpc) is 1.86. The van der Waals surface area contributed by atoms with Gasteiger partial charge >= 0.3 is 5.97 Å². The van der Waals surface area contributed by atoms with E-state index >= 15 is 0 Å². The summed E-state index contributed by atoms with van der Waals surface area (Å²) in [5, 5.41) is 25.8. The molecule has 0 unspecified atom stereocenters. The zero-order valence-corrected chi connectivity index (χ0v) is 9.03. The Labute approximate surface area is 87.5 Å². The second-order valence-corrected chi connectivity index (χ2v) is 2.89. The Morgan fingerprint density at radius 1 is 1.55 bits per heavy atom. The zero-order chi connectivity index (χ0) is 8.36. The first-order valence-corrected chi connectivity index (χ1v) is 2.93. The normalized spacial score (nSPS) is 13.5. The average molecular weight is 171 g/mol. The Kier molecular flexibility index (Phi) is 6.48. The van der Waals surface area contributed by atoms with E-state index < -0.39 is 17.5 Å². The van der Waals surface area contributed by atoms with E-state index in [0.717, 1.165) is 0 Å². The Morgan fingerprint density at radius 3 is 2.00 bits per heavy atom. The Bertz CT molecular complexity index is 135. The Morgan fingerprint density at radius 2 is 1.91 bits per heavy atom. The third-order valence-electron chi connectivity index (χ3n) is 1.38. The van der Waals surface area contributed by atoms with Crippen LogP contribution in [0.3, 0.4) is 0 Å². The van der Waals surface area contributed by atoms with E-state index in [1.807, 2.05) is 0 Å². The number of hydrogen-bond donors (Lipinski definition) is 3. The minimum Gasteiger partial charge on any atom is -0.479 e. The van der Waals surface area contributed by atoms with Crippen molar-refractivity contribution in [3.63, 3.8) is 0 Å². The van der Waals surface area contributed by atoms with E-state index in [0.29, 0.717) is 0 Å². The fraction of sp³-hybridized carbons (Fsp3) is 0.833. The van der Waals surface area contributed by atoms with Gasteiger partial charge in [0.25, 0.3) is 0 Å². The first-order valence-electron chi connectivity index (χ1n) is 2.93. The van der Waals surface area contributed by atoms with Crippen LogP contribution in [0, 0.1) is 5.41 Å². The Balaban J connectivity index is 0. The van der Waals surface area contributed by atoms with E-state index in [9.17, 15) is 4.79 Å². The topological polar surface area (TPSA) is 77.8 Å². The van der Waals surface area contributed by atoms with Crippen LogP contribution >= 0.6 is 0 Å². The fourth-order valence-corrected chi connectivity index (χ4v) is 0.421. The molecule has 0 spiro atoms. The molecular formula is C6H12NaO4. The third kappa shape index (κ3) is 4.08. The summed E-state index contributed by atoms with van der Waals surface area (Å²) in [6.07, 6.45) is -1.50. The molecule has 0 rings (SSSR count). The molecule has 0 aromatic heterocycles. The van der Waals surface area contributed by atoms with Gasteiger partial charge in [0.2, 0.25) is 0 Å². The van der Waals surface area contributed by atoms with Crippen molar-refractivity contribution in [2.45, 2.75) is 20.0 Å². The molecule has 0 aliphatic rings. The van der Waals surface area contributed by atoms with Gasteiger partial charge in [-0.15, -0.1) is 0 Å². The number of aliphatic hydroxyl groups excluding tert-OH is 2. The molecule has 3 N–H and O–H groups in total. The monoisotopic (exact) mass is 171 g/mol. The molecule has 11 heavy (non-hydrogen) atoms. The van der Waals surface area contributed by atoms with E-state index in [1.54, 1.807) is 0 Å². The minimum absolute atomic E-state index is 0. The maximum atomic E-state index is 10.1. The van der Waals surface area contributed by atoms with Gasteiger partial charge in [0.05, 0.1) is 6.61 Å². The fourth-order valence-electron chi connectivity index (χ4n) is 0.421. The first kappa shape index (κ1) is 13.9. The van der Waals surface area contributed by atoms with Crippen LogP contribution in [0.5, 0.6) is 0 Å². The summed E-state index contributed by atoms with van der Waals surface area (Å²) in [4.78, 5) is 10.1. The van der Waals surface area contributed by atoms with Gasteiger partial charge in [-0.05, 0) is 0 Å². The van der Waals surface area contributed by atoms with E-state index in [1.165, 1.54) is 13.8 Å². The van der Waals surface area contributed by atoms with Crippen LogP contribution in [-0.2, 0) is 4.79 Å². The van der Waals surface area contributed by atoms with Crippen LogP contribution in [0.25, 0.3) is 0 Å². The molecule has 0 aromatic rings. The van der Waals surface area contributed by atoms with Crippen molar-refractivity contribution >= 4 is 35.5 Å². The summed E-state index contributed by atoms with van der Waals surface area (Å²) in [5.74, 6) is -1.31. The molecule has 1 atom stereocenters. The summed E-state index contributed by atoms with van der Waals surface area (Å²) < 4.78 is 0. The van der Waals surface area contributed by atoms with Gasteiger partial charge in [-0.3, -0.25) is 0 Å². The van der Waals surface area contributed by atoms with Crippen LogP contribution in [0.4, 0.5) is 0 Å². The Hall–Kier alpha value is 0.390. The quantitative estimate of drug-likeness (QED) is 0.479. The minimum atomic E-state index is -1.50. The van der Waals surface area contributed by atoms with Crippen molar-refractivity contribution in [1.82, 2.24) is 0 Å². The van der Waals surface area contributed by atoms with Gasteiger partial charge in [0.15, 0.2) is 6.10 Å². The predicted molar refractivity (Wildman–Crippen MR) is 40.3 cm³/mol. The van der Waals surface area contributed by atoms with Gasteiger partial charge in [-0.2, -0.15) is 0 Å². The number of carboxylic acids is 1. The third-order valence-corrected chi connectivity index (χ3v) is 1.38. The predicted octanol–water partition coefficient (Wildman–Crippen LogP) is -0.930. The maximum absolute atomic E-state index is 10.1. The van der Waals surface area contributed by atoms with Crippen molar-refractivity contribution in [3.8, 4) is 0 Å². The molecule has 61 valence electrons. The number of carboxylic acid groups (broad SMARTS) is 1. The first-order chi connectivity index (χ1) is 4.41. The molecule has 5 heteroatoms. The second-order valence-electron chi connectivity index (χ2n) is 2.89. The maximum Gasteiger partial charge on any atom is 0.333 e. The van der Waals surface area contributed by atoms with Crippen molar-refractivity contribution < 1.29 is 20.1 Å². The van der Waals surface area contributed by atoms with Gasteiger partial charge in [0, 0.05) is 35.0 Å². The number of aliphatic carboxylic acids is 1. The van der Waals surface area contributed by atoms with Crippen LogP contribution < -0.4 is 0 Å². The molecule has 0 aliphatic carbocycles. The van der Waals surface area contributed by atoms with Crippen molar-refractivity contribution in [2.24, 2.45) is 5.41 Å². The van der Waals surface area contributed by atoms with Gasteiger partial charge in [-0.25, -0.2) is 4.79 Å². The molecule has 1 radical (unpaired) electrons. The molecule has 4 nitrogen and oxygen atoms in total. The van der Waals surface area contributed by atoms with Crippen LogP contribution in [0.1, 0.15) is 13.8 Å². The molecule has 0 aromatic carbocycles. The summed E-state index contributed by atoms with van der Waals surface area (Å²) in [6, 6.07) is 0. The standard InChI is InChI=1S/C6H12O4.Na/c1-6(2,3-7)4(8)5(9)10;/h4,7-8H,3H2,1-2H3,(H,9,10);/t4-;/m0./s1. The molecule has 0 aliphatic heterocycles. The molecule has 0 amide bonds. The van der Waals surface area contributed by atoms with Crippen LogP contribution in [-0.4, -0.2) is 63.6 Å². The van der Waals surface area contributed by atoms with Crippen LogP contribution in [0.15, 0.2) is 0 Å². The molecular weight excluding hydrogens is 159 g/mol. The summed E-state index contributed by atoms with van der Waals surface area (Å²) in [6.45, 7) is 2.61. The number of carbonyl (C=O) groups is 1. The van der Waals surface area contributed by atoms with E-state index in [-0.39, 0.29) is 36.2 Å². The van der Waals surface area contributed by atoms with E-state index in [2.05, 4.69) is 0 Å². The van der Waals surface area contributed by atoms with Crippen molar-refractivity contribution in [1.29, 1.82) is 0 Å². The largest absolute Gasteiger partial charge is 0.479 e. The number of rotatable bonds is 3. The molecule has 0 fully saturated rings. The molecule has 0 saturated carbocycles. The SMILES string of the molecule is CC(C)(CO)[C@@H](O)C(=O)O.[Na]. The molecule has 0 bridgehead atoms. The second kappa shape index (κ2) is 5.11. The summed E-state index contributed by atoms with van der Waals surface area (Å²) in [7, 11) is 0. The van der Waals surface area contributed by atoms with Crippen molar-refractivity contribution in [3.05, 3.63) is 0 Å². The molecule has 0 heterocycles. The number of hydrogen-bond acceptors (Lipinski definition) is 3. The van der Waals surface area contributed by atoms with Gasteiger partial charge < -0.3 is 15.3 Å². The van der Waals surface area contributed by atoms with Gasteiger partial charge in [0.1, 0.15) is 0 Å². The smallest absolute Gasteiger partial charge is 0.333 e. The zero-order valence-electron chi connectivity index (χ0n) is 7.03.